The van der Waals surface area contributed by atoms with Crippen molar-refractivity contribution in [3.05, 3.63) is 106 Å². The van der Waals surface area contributed by atoms with Crippen molar-refractivity contribution in [1.82, 2.24) is 0 Å². The Kier molecular flexibility index (Phi) is 8.52. The lowest BCUT2D eigenvalue weighted by Crippen LogP contribution is -2.15. The van der Waals surface area contributed by atoms with Gasteiger partial charge in [-0.25, -0.2) is 4.52 Å². The quantitative estimate of drug-likeness (QED) is 0.319. The summed E-state index contributed by atoms with van der Waals surface area (Å²) in [7, 11) is -3.79. The molecule has 0 heterocycles. The molecule has 0 saturated carbocycles. The van der Waals surface area contributed by atoms with Crippen LogP contribution in [0.1, 0.15) is 28.2 Å². The fraction of sp³-hybridized carbons (Fsp3) is 0.217. The van der Waals surface area contributed by atoms with Gasteiger partial charge in [-0.05, 0) is 35.2 Å². The normalized spacial score (nSPS) is 13.7. The Hall–Kier alpha value is -1.89. The number of alkyl halides is 2. The Morgan fingerprint density at radius 2 is 1.61 bits per heavy atom. The predicted octanol–water partition coefficient (Wildman–Crippen LogP) is 6.44. The van der Waals surface area contributed by atoms with Crippen LogP contribution >= 0.6 is 24.2 Å². The van der Waals surface area contributed by atoms with E-state index in [1.54, 1.807) is 0 Å². The molecular weight excluding hydrogens is 489 g/mol. The molecule has 3 aromatic carbocycles. The van der Waals surface area contributed by atoms with E-state index >= 15 is 0 Å². The van der Waals surface area contributed by atoms with E-state index in [1.807, 2.05) is 36.4 Å². The third kappa shape index (κ3) is 7.06. The minimum absolute atomic E-state index is 0.0748. The maximum atomic E-state index is 13.9. The lowest BCUT2D eigenvalue weighted by molar-refractivity contribution is -0.186. The second-order valence-corrected chi connectivity index (χ2v) is 8.60. The van der Waals surface area contributed by atoms with Crippen molar-refractivity contribution in [2.45, 2.75) is 25.1 Å². The maximum Gasteiger partial charge on any atom is 0.390 e. The summed E-state index contributed by atoms with van der Waals surface area (Å²) in [6.07, 6.45) is -3.05. The van der Waals surface area contributed by atoms with Crippen LogP contribution in [-0.4, -0.2) is 11.5 Å². The van der Waals surface area contributed by atoms with Crippen molar-refractivity contribution in [2.75, 3.05) is 6.61 Å². The zero-order valence-electron chi connectivity index (χ0n) is 16.5. The lowest BCUT2D eigenvalue weighted by atomic mass is 9.93. The summed E-state index contributed by atoms with van der Waals surface area (Å²) in [5, 5.41) is 0. The first kappa shape index (κ1) is 23.8. The summed E-state index contributed by atoms with van der Waals surface area (Å²) in [6.45, 7) is 0.698. The van der Waals surface area contributed by atoms with Crippen LogP contribution in [0.25, 0.3) is 0 Å². The Morgan fingerprint density at radius 3 is 2.23 bits per heavy atom. The number of halogens is 3. The Morgan fingerprint density at radius 1 is 0.968 bits per heavy atom. The summed E-state index contributed by atoms with van der Waals surface area (Å²) < 4.78 is 48.4. The second-order valence-electron chi connectivity index (χ2n) is 7.01. The fourth-order valence-corrected chi connectivity index (χ4v) is 4.25. The SMILES string of the molecule is O=[PH](O)OC(F)(F)c1ccc(COCC(Cc2ccccc2)c2ccccc2)cc1Br. The topological polar surface area (TPSA) is 55.8 Å². The highest BCUT2D eigenvalue weighted by Crippen LogP contribution is 2.41. The second kappa shape index (κ2) is 11.1. The Bertz CT molecular complexity index is 1000. The van der Waals surface area contributed by atoms with Crippen molar-refractivity contribution in [2.24, 2.45) is 0 Å². The monoisotopic (exact) mass is 510 g/mol. The molecule has 3 rings (SSSR count). The minimum atomic E-state index is -3.86. The van der Waals surface area contributed by atoms with Crippen LogP contribution in [0.3, 0.4) is 0 Å². The summed E-state index contributed by atoms with van der Waals surface area (Å²) in [5.74, 6) is 0.145. The molecule has 0 saturated heterocycles. The summed E-state index contributed by atoms with van der Waals surface area (Å²) in [4.78, 5) is 8.67. The maximum absolute atomic E-state index is 13.9. The van der Waals surface area contributed by atoms with Crippen LogP contribution in [0.2, 0.25) is 0 Å². The van der Waals surface area contributed by atoms with Crippen LogP contribution in [0.5, 0.6) is 0 Å². The van der Waals surface area contributed by atoms with Gasteiger partial charge in [-0.1, -0.05) is 82.7 Å². The molecule has 3 aromatic rings. The van der Waals surface area contributed by atoms with Gasteiger partial charge in [0.1, 0.15) is 0 Å². The van der Waals surface area contributed by atoms with Crippen LogP contribution in [0.4, 0.5) is 8.78 Å². The first-order valence-electron chi connectivity index (χ1n) is 9.60. The van der Waals surface area contributed by atoms with E-state index < -0.39 is 19.9 Å². The summed E-state index contributed by atoms with van der Waals surface area (Å²) in [5.41, 5.74) is 2.54. The highest BCUT2D eigenvalue weighted by molar-refractivity contribution is 9.10. The molecule has 31 heavy (non-hydrogen) atoms. The van der Waals surface area contributed by atoms with Gasteiger partial charge < -0.3 is 9.63 Å². The molecule has 0 aromatic heterocycles. The molecule has 0 aliphatic rings. The molecular formula is C23H22BrF2O4P. The average Bonchev–Trinajstić information content (AvgIpc) is 2.73. The van der Waals surface area contributed by atoms with E-state index in [-0.39, 0.29) is 17.0 Å². The van der Waals surface area contributed by atoms with Gasteiger partial charge in [0.15, 0.2) is 0 Å². The van der Waals surface area contributed by atoms with Crippen LogP contribution in [0, 0.1) is 0 Å². The zero-order valence-corrected chi connectivity index (χ0v) is 19.1. The average molecular weight is 511 g/mol. The first-order valence-corrected chi connectivity index (χ1v) is 11.7. The molecule has 0 aliphatic carbocycles. The molecule has 0 fully saturated rings. The third-order valence-corrected chi connectivity index (χ3v) is 5.83. The molecule has 4 nitrogen and oxygen atoms in total. The van der Waals surface area contributed by atoms with Gasteiger partial charge >= 0.3 is 14.4 Å². The number of hydrogen-bond donors (Lipinski definition) is 1. The van der Waals surface area contributed by atoms with Gasteiger partial charge in [0.2, 0.25) is 0 Å². The highest BCUT2D eigenvalue weighted by Gasteiger charge is 2.37. The van der Waals surface area contributed by atoms with Crippen LogP contribution in [-0.2, 0) is 33.0 Å². The highest BCUT2D eigenvalue weighted by atomic mass is 79.9. The van der Waals surface area contributed by atoms with Crippen molar-refractivity contribution in [1.29, 1.82) is 0 Å². The molecule has 0 radical (unpaired) electrons. The van der Waals surface area contributed by atoms with Gasteiger partial charge in [-0.15, -0.1) is 0 Å². The lowest BCUT2D eigenvalue weighted by Gasteiger charge is -2.19. The molecule has 8 heteroatoms. The molecule has 2 unspecified atom stereocenters. The van der Waals surface area contributed by atoms with Crippen molar-refractivity contribution < 1.29 is 27.5 Å². The van der Waals surface area contributed by atoms with Gasteiger partial charge in [-0.3, -0.25) is 4.57 Å². The molecule has 0 bridgehead atoms. The number of hydrogen-bond acceptors (Lipinski definition) is 3. The molecule has 0 aliphatic heterocycles. The smallest absolute Gasteiger partial charge is 0.376 e. The molecule has 0 spiro atoms. The van der Waals surface area contributed by atoms with E-state index in [9.17, 15) is 13.3 Å². The van der Waals surface area contributed by atoms with Crippen molar-refractivity contribution >= 4 is 24.2 Å². The van der Waals surface area contributed by atoms with E-state index in [2.05, 4.69) is 44.7 Å². The summed E-state index contributed by atoms with van der Waals surface area (Å²) in [6, 6.07) is 24.4. The minimum Gasteiger partial charge on any atom is -0.376 e. The summed E-state index contributed by atoms with van der Waals surface area (Å²) >= 11 is 3.09. The zero-order chi connectivity index (χ0) is 22.3. The van der Waals surface area contributed by atoms with E-state index in [0.29, 0.717) is 12.2 Å². The Labute approximate surface area is 188 Å². The van der Waals surface area contributed by atoms with Crippen LogP contribution < -0.4 is 0 Å². The van der Waals surface area contributed by atoms with E-state index in [4.69, 9.17) is 9.63 Å². The molecule has 1 N–H and O–H groups in total. The van der Waals surface area contributed by atoms with Gasteiger partial charge in [0.05, 0.1) is 18.8 Å². The largest absolute Gasteiger partial charge is 0.390 e. The fourth-order valence-electron chi connectivity index (χ4n) is 3.26. The third-order valence-electron chi connectivity index (χ3n) is 4.75. The molecule has 2 atom stereocenters. The van der Waals surface area contributed by atoms with Crippen LogP contribution in [0.15, 0.2) is 83.3 Å². The van der Waals surface area contributed by atoms with Crippen molar-refractivity contribution in [3.8, 4) is 0 Å². The van der Waals surface area contributed by atoms with E-state index in [0.717, 1.165) is 12.5 Å². The standard InChI is InChI=1S/C23H22BrF2O4P/c24-22-14-18(11-12-21(22)23(25,26)30-31(27)28)15-29-16-20(19-9-5-2-6-10-19)13-17-7-3-1-4-8-17/h1-12,14,20,31H,13,15-16H2,(H,27,28). The van der Waals surface area contributed by atoms with E-state index in [1.165, 1.54) is 23.3 Å². The first-order chi connectivity index (χ1) is 14.8. The number of ether oxygens (including phenoxy) is 1. The van der Waals surface area contributed by atoms with Gasteiger partial charge in [-0.2, -0.15) is 8.78 Å². The van der Waals surface area contributed by atoms with Gasteiger partial charge in [0.25, 0.3) is 0 Å². The van der Waals surface area contributed by atoms with Gasteiger partial charge in [0, 0.05) is 10.4 Å². The molecule has 0 amide bonds. The number of benzene rings is 3. The number of rotatable bonds is 10. The predicted molar refractivity (Wildman–Crippen MR) is 119 cm³/mol. The van der Waals surface area contributed by atoms with Crippen molar-refractivity contribution in [3.63, 3.8) is 0 Å². The Balaban J connectivity index is 1.66. The molecule has 164 valence electrons.